The van der Waals surface area contributed by atoms with Crippen molar-refractivity contribution in [3.05, 3.63) is 41.2 Å². The number of hydrogen-bond acceptors (Lipinski definition) is 2. The van der Waals surface area contributed by atoms with Crippen LogP contribution in [0.4, 0.5) is 0 Å². The van der Waals surface area contributed by atoms with Gasteiger partial charge in [0.2, 0.25) is 5.91 Å². The Balaban J connectivity index is 2.53. The average molecular weight is 236 g/mol. The molecule has 0 bridgehead atoms. The van der Waals surface area contributed by atoms with E-state index in [1.54, 1.807) is 29.1 Å². The van der Waals surface area contributed by atoms with E-state index in [1.807, 2.05) is 13.2 Å². The molecule has 0 aliphatic carbocycles. The summed E-state index contributed by atoms with van der Waals surface area (Å²) in [4.78, 5) is 11.1. The van der Waals surface area contributed by atoms with Crippen molar-refractivity contribution in [2.45, 2.75) is 0 Å². The third-order valence-electron chi connectivity index (χ3n) is 2.22. The van der Waals surface area contributed by atoms with Gasteiger partial charge in [-0.3, -0.25) is 9.48 Å². The Morgan fingerprint density at radius 1 is 1.38 bits per heavy atom. The number of primary amides is 1. The van der Waals surface area contributed by atoms with Crippen LogP contribution in [0.3, 0.4) is 0 Å². The minimum atomic E-state index is -0.493. The number of benzene rings is 1. The number of halogens is 1. The first-order chi connectivity index (χ1) is 7.56. The zero-order chi connectivity index (χ0) is 11.7. The van der Waals surface area contributed by atoms with E-state index in [-0.39, 0.29) is 0 Å². The highest BCUT2D eigenvalue weighted by Crippen LogP contribution is 2.24. The lowest BCUT2D eigenvalue weighted by molar-refractivity contribution is 0.100. The third kappa shape index (κ3) is 2.06. The number of aryl methyl sites for hydroxylation is 1. The van der Waals surface area contributed by atoms with Crippen molar-refractivity contribution < 1.29 is 4.79 Å². The minimum absolute atomic E-state index is 0.395. The van der Waals surface area contributed by atoms with Crippen molar-refractivity contribution >= 4 is 17.5 Å². The highest BCUT2D eigenvalue weighted by atomic mass is 35.5. The van der Waals surface area contributed by atoms with Gasteiger partial charge in [0.05, 0.1) is 6.20 Å². The monoisotopic (exact) mass is 235 g/mol. The van der Waals surface area contributed by atoms with E-state index in [4.69, 9.17) is 17.3 Å². The molecule has 2 aromatic rings. The van der Waals surface area contributed by atoms with E-state index >= 15 is 0 Å². The lowest BCUT2D eigenvalue weighted by atomic mass is 10.1. The first kappa shape index (κ1) is 10.7. The zero-order valence-corrected chi connectivity index (χ0v) is 9.40. The largest absolute Gasteiger partial charge is 0.366 e. The van der Waals surface area contributed by atoms with Gasteiger partial charge in [-0.25, -0.2) is 0 Å². The van der Waals surface area contributed by atoms with Crippen LogP contribution in [0.25, 0.3) is 11.1 Å². The fraction of sp³-hybridized carbons (Fsp3) is 0.0909. The van der Waals surface area contributed by atoms with Gasteiger partial charge < -0.3 is 5.73 Å². The molecule has 0 radical (unpaired) electrons. The maximum atomic E-state index is 11.1. The van der Waals surface area contributed by atoms with Gasteiger partial charge >= 0.3 is 0 Å². The summed E-state index contributed by atoms with van der Waals surface area (Å²) in [5.41, 5.74) is 7.34. The molecule has 2 rings (SSSR count). The van der Waals surface area contributed by atoms with Crippen LogP contribution < -0.4 is 5.73 Å². The van der Waals surface area contributed by atoms with Crippen molar-refractivity contribution in [1.82, 2.24) is 9.78 Å². The quantitative estimate of drug-likeness (QED) is 0.864. The molecule has 4 nitrogen and oxygen atoms in total. The van der Waals surface area contributed by atoms with Gasteiger partial charge in [-0.2, -0.15) is 5.10 Å². The van der Waals surface area contributed by atoms with Crippen molar-refractivity contribution in [2.24, 2.45) is 12.8 Å². The molecule has 0 aliphatic heterocycles. The number of aromatic nitrogens is 2. The number of hydrogen-bond donors (Lipinski definition) is 1. The number of nitrogens with zero attached hydrogens (tertiary/aromatic N) is 2. The van der Waals surface area contributed by atoms with Crippen LogP contribution >= 0.6 is 11.6 Å². The molecule has 1 amide bonds. The summed E-state index contributed by atoms with van der Waals surface area (Å²) in [7, 11) is 1.82. The first-order valence-corrected chi connectivity index (χ1v) is 5.03. The summed E-state index contributed by atoms with van der Waals surface area (Å²) in [6.07, 6.45) is 3.55. The summed E-state index contributed by atoms with van der Waals surface area (Å²) in [5.74, 6) is -0.493. The Morgan fingerprint density at radius 2 is 2.12 bits per heavy atom. The molecule has 2 N–H and O–H groups in total. The van der Waals surface area contributed by atoms with Gasteiger partial charge in [0.1, 0.15) is 0 Å². The normalized spacial score (nSPS) is 10.4. The number of nitrogens with two attached hydrogens (primary N) is 1. The van der Waals surface area contributed by atoms with Gasteiger partial charge in [0.15, 0.2) is 0 Å². The van der Waals surface area contributed by atoms with Crippen molar-refractivity contribution in [3.8, 4) is 11.1 Å². The van der Waals surface area contributed by atoms with Crippen LogP contribution in [0.2, 0.25) is 5.02 Å². The van der Waals surface area contributed by atoms with E-state index in [1.165, 1.54) is 0 Å². The Kier molecular flexibility index (Phi) is 2.66. The molecule has 16 heavy (non-hydrogen) atoms. The number of carbonyl (C=O) groups is 1. The van der Waals surface area contributed by atoms with E-state index in [0.29, 0.717) is 10.6 Å². The molecule has 0 aliphatic rings. The molecule has 0 atom stereocenters. The van der Waals surface area contributed by atoms with Crippen molar-refractivity contribution in [2.75, 3.05) is 0 Å². The molecule has 0 unspecified atom stereocenters. The van der Waals surface area contributed by atoms with Crippen molar-refractivity contribution in [1.29, 1.82) is 0 Å². The van der Waals surface area contributed by atoms with Gasteiger partial charge in [0.25, 0.3) is 0 Å². The summed E-state index contributed by atoms with van der Waals surface area (Å²) in [6, 6.07) is 5.01. The molecule has 1 aromatic heterocycles. The predicted octanol–water partition coefficient (Wildman–Crippen LogP) is 1.84. The fourth-order valence-corrected chi connectivity index (χ4v) is 1.70. The summed E-state index contributed by atoms with van der Waals surface area (Å²) in [5, 5.41) is 4.54. The lowest BCUT2D eigenvalue weighted by Gasteiger charge is -2.02. The van der Waals surface area contributed by atoms with Crippen LogP contribution in [0, 0.1) is 0 Å². The average Bonchev–Trinajstić information content (AvgIpc) is 2.64. The second-order valence-electron chi connectivity index (χ2n) is 3.50. The van der Waals surface area contributed by atoms with Crippen LogP contribution in [0.1, 0.15) is 10.4 Å². The van der Waals surface area contributed by atoms with Gasteiger partial charge in [-0.05, 0) is 23.8 Å². The summed E-state index contributed by atoms with van der Waals surface area (Å²) < 4.78 is 1.68. The van der Waals surface area contributed by atoms with E-state index in [0.717, 1.165) is 11.1 Å². The first-order valence-electron chi connectivity index (χ1n) is 4.65. The molecule has 5 heteroatoms. The summed E-state index contributed by atoms with van der Waals surface area (Å²) >= 11 is 5.92. The van der Waals surface area contributed by atoms with Gasteiger partial charge in [0, 0.05) is 29.4 Å². The number of amides is 1. The van der Waals surface area contributed by atoms with E-state index < -0.39 is 5.91 Å². The minimum Gasteiger partial charge on any atom is -0.366 e. The highest BCUT2D eigenvalue weighted by molar-refractivity contribution is 6.31. The SMILES string of the molecule is Cn1cc(-c2cc(Cl)cc(C(N)=O)c2)cn1. The number of rotatable bonds is 2. The molecular formula is C11H10ClN3O. The molecule has 0 spiro atoms. The Labute approximate surface area is 97.6 Å². The van der Waals surface area contributed by atoms with Crippen molar-refractivity contribution in [3.63, 3.8) is 0 Å². The van der Waals surface area contributed by atoms with Crippen LogP contribution in [-0.4, -0.2) is 15.7 Å². The zero-order valence-electron chi connectivity index (χ0n) is 8.64. The van der Waals surface area contributed by atoms with Crippen LogP contribution in [0.5, 0.6) is 0 Å². The maximum absolute atomic E-state index is 11.1. The fourth-order valence-electron chi connectivity index (χ4n) is 1.47. The van der Waals surface area contributed by atoms with E-state index in [9.17, 15) is 4.79 Å². The maximum Gasteiger partial charge on any atom is 0.248 e. The Hall–Kier alpha value is -1.81. The molecule has 0 fully saturated rings. The Bertz CT molecular complexity index is 548. The molecular weight excluding hydrogens is 226 g/mol. The molecule has 0 saturated carbocycles. The molecule has 0 saturated heterocycles. The summed E-state index contributed by atoms with van der Waals surface area (Å²) in [6.45, 7) is 0. The van der Waals surface area contributed by atoms with Crippen LogP contribution in [-0.2, 0) is 7.05 Å². The third-order valence-corrected chi connectivity index (χ3v) is 2.44. The predicted molar refractivity (Wildman–Crippen MR) is 62.2 cm³/mol. The van der Waals surface area contributed by atoms with E-state index in [2.05, 4.69) is 5.10 Å². The van der Waals surface area contributed by atoms with Crippen LogP contribution in [0.15, 0.2) is 30.6 Å². The van der Waals surface area contributed by atoms with Gasteiger partial charge in [-0.1, -0.05) is 11.6 Å². The Morgan fingerprint density at radius 3 is 2.69 bits per heavy atom. The topological polar surface area (TPSA) is 60.9 Å². The second kappa shape index (κ2) is 3.98. The molecule has 1 aromatic carbocycles. The number of carbonyl (C=O) groups excluding carboxylic acids is 1. The second-order valence-corrected chi connectivity index (χ2v) is 3.93. The molecule has 1 heterocycles. The lowest BCUT2D eigenvalue weighted by Crippen LogP contribution is -2.10. The van der Waals surface area contributed by atoms with Gasteiger partial charge in [-0.15, -0.1) is 0 Å². The highest BCUT2D eigenvalue weighted by Gasteiger charge is 2.07. The smallest absolute Gasteiger partial charge is 0.248 e. The molecule has 82 valence electrons. The standard InChI is InChI=1S/C11H10ClN3O/c1-15-6-9(5-14-15)7-2-8(11(13)16)4-10(12)3-7/h2-6H,1H3,(H2,13,16).